The smallest absolute Gasteiger partial charge is 0.343 e. The van der Waals surface area contributed by atoms with E-state index in [2.05, 4.69) is 9.46 Å². The molecule has 0 amide bonds. The minimum Gasteiger partial charge on any atom is -0.482 e. The molecule has 0 radical (unpaired) electrons. The summed E-state index contributed by atoms with van der Waals surface area (Å²) in [6.07, 6.45) is 0. The lowest BCUT2D eigenvalue weighted by Gasteiger charge is -2.26. The summed E-state index contributed by atoms with van der Waals surface area (Å²) in [6.45, 7) is -0.260. The van der Waals surface area contributed by atoms with Crippen LogP contribution in [0.15, 0.2) is 59.5 Å². The molecule has 0 saturated heterocycles. The summed E-state index contributed by atoms with van der Waals surface area (Å²) in [5.74, 6) is -0.160. The van der Waals surface area contributed by atoms with Gasteiger partial charge in [0, 0.05) is 0 Å². The molecule has 2 aromatic carbocycles. The van der Waals surface area contributed by atoms with E-state index < -0.39 is 25.8 Å². The Morgan fingerprint density at radius 3 is 2.19 bits per heavy atom. The van der Waals surface area contributed by atoms with Gasteiger partial charge in [0.2, 0.25) is 13.8 Å². The number of sulfonamides is 1. The van der Waals surface area contributed by atoms with Crippen molar-refractivity contribution in [2.24, 2.45) is 0 Å². The van der Waals surface area contributed by atoms with Gasteiger partial charge in [-0.05, 0) is 29.8 Å². The van der Waals surface area contributed by atoms with Crippen molar-refractivity contribution in [3.8, 4) is 5.75 Å². The van der Waals surface area contributed by atoms with Crippen molar-refractivity contribution < 1.29 is 22.7 Å². The average Bonchev–Trinajstić information content (AvgIpc) is 2.64. The fraction of sp³-hybridized carbons (Fsp3) is 0.235. The standard InChI is InChI=1S/C17H16Cl3NO5S/c1-25-15(22)11-26-13-9-7-12(8-10-13)16(17(18,19)20)21-27(23,24)14-5-3-2-4-6-14/h2-10,16,21H,11H2,1H3/t16-/m0/s1. The summed E-state index contributed by atoms with van der Waals surface area (Å²) in [6, 6.07) is 12.7. The molecule has 0 aromatic heterocycles. The minimum atomic E-state index is -3.92. The predicted molar refractivity (Wildman–Crippen MR) is 104 cm³/mol. The van der Waals surface area contributed by atoms with E-state index >= 15 is 0 Å². The van der Waals surface area contributed by atoms with Crippen LogP contribution in [-0.2, 0) is 19.6 Å². The van der Waals surface area contributed by atoms with Crippen LogP contribution in [0, 0.1) is 0 Å². The molecule has 2 aromatic rings. The normalized spacial score (nSPS) is 13.0. The van der Waals surface area contributed by atoms with Crippen LogP contribution in [0.2, 0.25) is 0 Å². The van der Waals surface area contributed by atoms with E-state index in [-0.39, 0.29) is 11.5 Å². The van der Waals surface area contributed by atoms with Gasteiger partial charge in [-0.1, -0.05) is 65.1 Å². The van der Waals surface area contributed by atoms with Gasteiger partial charge in [-0.2, -0.15) is 4.72 Å². The Bertz CT molecular complexity index is 868. The van der Waals surface area contributed by atoms with Gasteiger partial charge in [0.05, 0.1) is 18.0 Å². The maximum absolute atomic E-state index is 12.6. The number of rotatable bonds is 7. The van der Waals surface area contributed by atoms with Gasteiger partial charge in [0.25, 0.3) is 0 Å². The highest BCUT2D eigenvalue weighted by Crippen LogP contribution is 2.41. The number of hydrogen-bond donors (Lipinski definition) is 1. The molecule has 0 bridgehead atoms. The molecule has 1 N–H and O–H groups in total. The molecule has 0 aliphatic carbocycles. The van der Waals surface area contributed by atoms with Crippen molar-refractivity contribution in [3.63, 3.8) is 0 Å². The Morgan fingerprint density at radius 1 is 1.07 bits per heavy atom. The second-order valence-corrected chi connectivity index (χ2v) is 9.43. The van der Waals surface area contributed by atoms with E-state index in [1.165, 1.54) is 43.5 Å². The Kier molecular flexibility index (Phi) is 7.36. The summed E-state index contributed by atoms with van der Waals surface area (Å²) in [5, 5.41) is 0. The Balaban J connectivity index is 2.23. The molecule has 2 rings (SSSR count). The first-order valence-electron chi connectivity index (χ1n) is 7.57. The van der Waals surface area contributed by atoms with Crippen LogP contribution in [0.5, 0.6) is 5.75 Å². The molecule has 6 nitrogen and oxygen atoms in total. The van der Waals surface area contributed by atoms with Gasteiger partial charge in [0.15, 0.2) is 6.61 Å². The van der Waals surface area contributed by atoms with Crippen molar-refractivity contribution in [1.82, 2.24) is 4.72 Å². The maximum atomic E-state index is 12.6. The lowest BCUT2D eigenvalue weighted by Crippen LogP contribution is -2.36. The zero-order valence-corrected chi connectivity index (χ0v) is 17.1. The predicted octanol–water partition coefficient (Wildman–Crippen LogP) is 3.63. The van der Waals surface area contributed by atoms with Crippen molar-refractivity contribution in [2.75, 3.05) is 13.7 Å². The number of hydrogen-bond acceptors (Lipinski definition) is 5. The maximum Gasteiger partial charge on any atom is 0.343 e. The number of esters is 1. The third kappa shape index (κ3) is 6.26. The van der Waals surface area contributed by atoms with Crippen molar-refractivity contribution in [1.29, 1.82) is 0 Å². The number of ether oxygens (including phenoxy) is 2. The molecule has 146 valence electrons. The third-order valence-electron chi connectivity index (χ3n) is 3.45. The number of carbonyl (C=O) groups is 1. The first-order valence-corrected chi connectivity index (χ1v) is 10.2. The average molecular weight is 453 g/mol. The van der Waals surface area contributed by atoms with Crippen molar-refractivity contribution >= 4 is 50.8 Å². The molecular weight excluding hydrogens is 437 g/mol. The molecule has 0 fully saturated rings. The van der Waals surface area contributed by atoms with E-state index in [1.54, 1.807) is 18.2 Å². The van der Waals surface area contributed by atoms with Crippen molar-refractivity contribution in [2.45, 2.75) is 14.7 Å². The van der Waals surface area contributed by atoms with Crippen LogP contribution in [0.1, 0.15) is 11.6 Å². The summed E-state index contributed by atoms with van der Waals surface area (Å²) < 4.78 is 35.3. The summed E-state index contributed by atoms with van der Waals surface area (Å²) in [5.41, 5.74) is 0.403. The zero-order chi connectivity index (χ0) is 20.1. The lowest BCUT2D eigenvalue weighted by molar-refractivity contribution is -0.142. The van der Waals surface area contributed by atoms with Gasteiger partial charge in [-0.15, -0.1) is 0 Å². The van der Waals surface area contributed by atoms with E-state index in [4.69, 9.17) is 39.5 Å². The molecule has 0 spiro atoms. The molecule has 0 aliphatic heterocycles. The molecule has 0 aliphatic rings. The third-order valence-corrected chi connectivity index (χ3v) is 5.55. The highest BCUT2D eigenvalue weighted by Gasteiger charge is 2.37. The highest BCUT2D eigenvalue weighted by atomic mass is 35.6. The number of nitrogens with one attached hydrogen (secondary N) is 1. The highest BCUT2D eigenvalue weighted by molar-refractivity contribution is 7.89. The van der Waals surface area contributed by atoms with E-state index in [0.29, 0.717) is 11.3 Å². The quantitative estimate of drug-likeness (QED) is 0.512. The van der Waals surface area contributed by atoms with Gasteiger partial charge in [0.1, 0.15) is 5.75 Å². The van der Waals surface area contributed by atoms with E-state index in [1.807, 2.05) is 0 Å². The number of halogens is 3. The number of benzene rings is 2. The summed E-state index contributed by atoms with van der Waals surface area (Å²) >= 11 is 18.0. The van der Waals surface area contributed by atoms with Gasteiger partial charge < -0.3 is 9.47 Å². The molecule has 27 heavy (non-hydrogen) atoms. The molecule has 1 atom stereocenters. The molecule has 10 heteroatoms. The zero-order valence-electron chi connectivity index (χ0n) is 14.1. The molecule has 0 saturated carbocycles. The van der Waals surface area contributed by atoms with Crippen LogP contribution in [0.4, 0.5) is 0 Å². The summed E-state index contributed by atoms with van der Waals surface area (Å²) in [4.78, 5) is 11.2. The second-order valence-electron chi connectivity index (χ2n) is 5.34. The second kappa shape index (κ2) is 9.12. The first kappa shape index (κ1) is 21.8. The van der Waals surface area contributed by atoms with E-state index in [9.17, 15) is 13.2 Å². The van der Waals surface area contributed by atoms with Gasteiger partial charge >= 0.3 is 5.97 Å². The number of methoxy groups -OCH3 is 1. The Hall–Kier alpha value is -1.51. The number of alkyl halides is 3. The van der Waals surface area contributed by atoms with Crippen LogP contribution in [0.3, 0.4) is 0 Å². The fourth-order valence-electron chi connectivity index (χ4n) is 2.10. The summed E-state index contributed by atoms with van der Waals surface area (Å²) in [7, 11) is -2.67. The topological polar surface area (TPSA) is 81.7 Å². The minimum absolute atomic E-state index is 0.0438. The van der Waals surface area contributed by atoms with Crippen LogP contribution < -0.4 is 9.46 Å². The SMILES string of the molecule is COC(=O)COc1ccc([C@H](NS(=O)(=O)c2ccccc2)C(Cl)(Cl)Cl)cc1. The fourth-order valence-corrected chi connectivity index (χ4v) is 4.11. The Labute approximate surface area is 172 Å². The lowest BCUT2D eigenvalue weighted by atomic mass is 10.1. The van der Waals surface area contributed by atoms with Crippen LogP contribution in [-0.4, -0.2) is 31.9 Å². The van der Waals surface area contributed by atoms with E-state index in [0.717, 1.165) is 0 Å². The molecule has 0 heterocycles. The van der Waals surface area contributed by atoms with Crippen LogP contribution in [0.25, 0.3) is 0 Å². The Morgan fingerprint density at radius 2 is 1.67 bits per heavy atom. The monoisotopic (exact) mass is 451 g/mol. The number of carbonyl (C=O) groups excluding carboxylic acids is 1. The van der Waals surface area contributed by atoms with Crippen LogP contribution >= 0.6 is 34.8 Å². The van der Waals surface area contributed by atoms with Gasteiger partial charge in [-0.25, -0.2) is 13.2 Å². The molecule has 0 unspecified atom stereocenters. The van der Waals surface area contributed by atoms with Gasteiger partial charge in [-0.3, -0.25) is 0 Å². The molecular formula is C17H16Cl3NO5S. The largest absolute Gasteiger partial charge is 0.482 e. The first-order chi connectivity index (χ1) is 12.6. The van der Waals surface area contributed by atoms with Crippen molar-refractivity contribution in [3.05, 3.63) is 60.2 Å².